The minimum atomic E-state index is -0.337. The Balaban J connectivity index is 1.54. The van der Waals surface area contributed by atoms with E-state index in [1.54, 1.807) is 0 Å². The highest BCUT2D eigenvalue weighted by atomic mass is 16.5. The summed E-state index contributed by atoms with van der Waals surface area (Å²) in [5.41, 5.74) is 1.53. The molecule has 1 saturated carbocycles. The Morgan fingerprint density at radius 3 is 2.80 bits per heavy atom. The van der Waals surface area contributed by atoms with E-state index in [0.29, 0.717) is 31.1 Å². The van der Waals surface area contributed by atoms with E-state index >= 15 is 0 Å². The van der Waals surface area contributed by atoms with Gasteiger partial charge in [-0.2, -0.15) is 5.10 Å². The molecule has 132 valence electrons. The van der Waals surface area contributed by atoms with E-state index in [1.165, 1.54) is 6.33 Å². The number of carbonyl (C=O) groups is 1. The zero-order chi connectivity index (χ0) is 17.2. The van der Waals surface area contributed by atoms with Gasteiger partial charge in [0.2, 0.25) is 0 Å². The molecule has 2 heterocycles. The van der Waals surface area contributed by atoms with Crippen molar-refractivity contribution in [2.24, 2.45) is 5.92 Å². The third kappa shape index (κ3) is 3.17. The van der Waals surface area contributed by atoms with E-state index in [0.717, 1.165) is 24.8 Å². The summed E-state index contributed by atoms with van der Waals surface area (Å²) in [6.07, 6.45) is 3.89. The summed E-state index contributed by atoms with van der Waals surface area (Å²) < 4.78 is 5.60. The molecule has 25 heavy (non-hydrogen) atoms. The van der Waals surface area contributed by atoms with Crippen molar-refractivity contribution in [2.75, 3.05) is 19.8 Å². The van der Waals surface area contributed by atoms with E-state index in [2.05, 4.69) is 15.2 Å². The molecule has 1 aliphatic heterocycles. The number of ether oxygens (including phenoxy) is 1. The van der Waals surface area contributed by atoms with E-state index in [4.69, 9.17) is 4.74 Å². The normalized spacial score (nSPS) is 26.8. The van der Waals surface area contributed by atoms with Gasteiger partial charge in [-0.05, 0) is 25.0 Å². The van der Waals surface area contributed by atoms with Crippen LogP contribution in [0.2, 0.25) is 0 Å². The summed E-state index contributed by atoms with van der Waals surface area (Å²) in [6.45, 7) is 1.61. The van der Waals surface area contributed by atoms with Gasteiger partial charge < -0.3 is 14.7 Å². The molecule has 0 radical (unpaired) electrons. The molecule has 2 aliphatic rings. The first-order valence-electron chi connectivity index (χ1n) is 8.76. The highest BCUT2D eigenvalue weighted by molar-refractivity contribution is 5.95. The molecule has 1 amide bonds. The van der Waals surface area contributed by atoms with E-state index < -0.39 is 0 Å². The van der Waals surface area contributed by atoms with Crippen LogP contribution in [-0.2, 0) is 4.74 Å². The van der Waals surface area contributed by atoms with Crippen molar-refractivity contribution in [3.05, 3.63) is 36.2 Å². The lowest BCUT2D eigenvalue weighted by atomic mass is 9.93. The molecule has 2 fully saturated rings. The molecule has 0 bridgehead atoms. The lowest BCUT2D eigenvalue weighted by molar-refractivity contribution is -0.0383. The Hall–Kier alpha value is -2.25. The van der Waals surface area contributed by atoms with Crippen molar-refractivity contribution >= 4 is 5.91 Å². The van der Waals surface area contributed by atoms with Crippen LogP contribution in [0.3, 0.4) is 0 Å². The molecule has 1 aliphatic carbocycles. The minimum absolute atomic E-state index is 0.00322. The summed E-state index contributed by atoms with van der Waals surface area (Å²) >= 11 is 0. The van der Waals surface area contributed by atoms with Crippen molar-refractivity contribution < 1.29 is 14.6 Å². The number of hydrogen-bond acceptors (Lipinski definition) is 5. The Kier molecular flexibility index (Phi) is 4.50. The zero-order valence-corrected chi connectivity index (χ0v) is 14.0. The maximum atomic E-state index is 13.0. The predicted octanol–water partition coefficient (Wildman–Crippen LogP) is 1.47. The summed E-state index contributed by atoms with van der Waals surface area (Å²) in [5, 5.41) is 16.9. The molecule has 4 rings (SSSR count). The van der Waals surface area contributed by atoms with Crippen LogP contribution in [0.1, 0.15) is 29.6 Å². The number of rotatable bonds is 3. The van der Waals surface area contributed by atoms with Crippen LogP contribution in [0.4, 0.5) is 0 Å². The molecule has 0 spiro atoms. The zero-order valence-electron chi connectivity index (χ0n) is 14.0. The Labute approximate surface area is 146 Å². The lowest BCUT2D eigenvalue weighted by Gasteiger charge is -2.40. The summed E-state index contributed by atoms with van der Waals surface area (Å²) in [7, 11) is 0. The Morgan fingerprint density at radius 1 is 1.28 bits per heavy atom. The molecule has 1 saturated heterocycles. The monoisotopic (exact) mass is 342 g/mol. The number of H-pyrrole nitrogens is 1. The van der Waals surface area contributed by atoms with Crippen molar-refractivity contribution in [3.8, 4) is 11.4 Å². The average Bonchev–Trinajstić information content (AvgIpc) is 3.33. The first kappa shape index (κ1) is 16.2. The number of carbonyl (C=O) groups excluding carboxylic acids is 1. The van der Waals surface area contributed by atoms with Crippen LogP contribution in [0.5, 0.6) is 0 Å². The number of amides is 1. The van der Waals surface area contributed by atoms with Gasteiger partial charge in [0.25, 0.3) is 5.91 Å². The van der Waals surface area contributed by atoms with Gasteiger partial charge in [0.1, 0.15) is 6.33 Å². The third-order valence-electron chi connectivity index (χ3n) is 5.27. The SMILES string of the molecule is O=C(c1ccc(-c2ncn[nH]2)cc1)N1CCOC[C@@H]1[C@H]1CCC[C@@H]1O. The number of nitrogens with zero attached hydrogens (tertiary/aromatic N) is 3. The van der Waals surface area contributed by atoms with Gasteiger partial charge in [-0.15, -0.1) is 0 Å². The summed E-state index contributed by atoms with van der Waals surface area (Å²) in [6, 6.07) is 7.32. The second-order valence-electron chi connectivity index (χ2n) is 6.71. The Morgan fingerprint density at radius 2 is 2.12 bits per heavy atom. The highest BCUT2D eigenvalue weighted by Crippen LogP contribution is 2.33. The van der Waals surface area contributed by atoms with E-state index in [1.807, 2.05) is 29.2 Å². The summed E-state index contributed by atoms with van der Waals surface area (Å²) in [5.74, 6) is 0.784. The maximum Gasteiger partial charge on any atom is 0.254 e. The topological polar surface area (TPSA) is 91.3 Å². The minimum Gasteiger partial charge on any atom is -0.393 e. The first-order valence-corrected chi connectivity index (χ1v) is 8.76. The smallest absolute Gasteiger partial charge is 0.254 e. The van der Waals surface area contributed by atoms with Gasteiger partial charge >= 0.3 is 0 Å². The first-order chi connectivity index (χ1) is 12.2. The van der Waals surface area contributed by atoms with Gasteiger partial charge in [-0.25, -0.2) is 4.98 Å². The third-order valence-corrected chi connectivity index (χ3v) is 5.27. The molecule has 3 atom stereocenters. The van der Waals surface area contributed by atoms with Crippen LogP contribution in [0.25, 0.3) is 11.4 Å². The number of hydrogen-bond donors (Lipinski definition) is 2. The molecule has 7 nitrogen and oxygen atoms in total. The molecule has 1 aromatic carbocycles. The molecule has 2 aromatic rings. The van der Waals surface area contributed by atoms with Crippen LogP contribution in [0.15, 0.2) is 30.6 Å². The van der Waals surface area contributed by atoms with Gasteiger partial charge in [-0.1, -0.05) is 18.6 Å². The Bertz CT molecular complexity index is 716. The fourth-order valence-corrected chi connectivity index (χ4v) is 3.93. The second kappa shape index (κ2) is 6.93. The van der Waals surface area contributed by atoms with Crippen LogP contribution in [0, 0.1) is 5.92 Å². The summed E-state index contributed by atoms with van der Waals surface area (Å²) in [4.78, 5) is 19.0. The van der Waals surface area contributed by atoms with Crippen LogP contribution in [-0.4, -0.2) is 63.0 Å². The average molecular weight is 342 g/mol. The number of aromatic amines is 1. The number of aromatic nitrogens is 3. The molecular formula is C18H22N4O3. The van der Waals surface area contributed by atoms with E-state index in [-0.39, 0.29) is 24.0 Å². The maximum absolute atomic E-state index is 13.0. The molecule has 2 N–H and O–H groups in total. The van der Waals surface area contributed by atoms with E-state index in [9.17, 15) is 9.90 Å². The molecule has 7 heteroatoms. The van der Waals surface area contributed by atoms with Gasteiger partial charge in [0.05, 0.1) is 25.4 Å². The standard InChI is InChI=1S/C18H22N4O3/c23-16-3-1-2-14(16)15-10-25-9-8-22(15)18(24)13-6-4-12(5-7-13)17-19-11-20-21-17/h4-7,11,14-16,23H,1-3,8-10H2,(H,19,20,21)/t14-,15-,16+/m1/s1. The van der Waals surface area contributed by atoms with Crippen molar-refractivity contribution in [2.45, 2.75) is 31.4 Å². The number of aliphatic hydroxyl groups is 1. The molecular weight excluding hydrogens is 320 g/mol. The van der Waals surface area contributed by atoms with Crippen LogP contribution >= 0.6 is 0 Å². The van der Waals surface area contributed by atoms with Crippen molar-refractivity contribution in [1.29, 1.82) is 0 Å². The van der Waals surface area contributed by atoms with Gasteiger partial charge in [0.15, 0.2) is 5.82 Å². The quantitative estimate of drug-likeness (QED) is 0.881. The molecule has 1 aromatic heterocycles. The van der Waals surface area contributed by atoms with Gasteiger partial charge in [0, 0.05) is 23.6 Å². The second-order valence-corrected chi connectivity index (χ2v) is 6.71. The lowest BCUT2D eigenvalue weighted by Crippen LogP contribution is -2.53. The van der Waals surface area contributed by atoms with Crippen molar-refractivity contribution in [1.82, 2.24) is 20.1 Å². The van der Waals surface area contributed by atoms with Crippen molar-refractivity contribution in [3.63, 3.8) is 0 Å². The number of morpholine rings is 1. The van der Waals surface area contributed by atoms with Crippen LogP contribution < -0.4 is 0 Å². The molecule has 0 unspecified atom stereocenters. The number of benzene rings is 1. The number of aliphatic hydroxyl groups excluding tert-OH is 1. The fraction of sp³-hybridized carbons (Fsp3) is 0.500. The predicted molar refractivity (Wildman–Crippen MR) is 90.8 cm³/mol. The largest absolute Gasteiger partial charge is 0.393 e. The number of nitrogens with one attached hydrogen (secondary N) is 1. The fourth-order valence-electron chi connectivity index (χ4n) is 3.93. The highest BCUT2D eigenvalue weighted by Gasteiger charge is 2.39. The van der Waals surface area contributed by atoms with Gasteiger partial charge in [-0.3, -0.25) is 9.89 Å².